The highest BCUT2D eigenvalue weighted by atomic mass is 35.5. The van der Waals surface area contributed by atoms with E-state index in [2.05, 4.69) is 5.32 Å². The molecule has 0 atom stereocenters. The average molecular weight is 475 g/mol. The lowest BCUT2D eigenvalue weighted by Crippen LogP contribution is -2.39. The van der Waals surface area contributed by atoms with Crippen molar-refractivity contribution in [2.75, 3.05) is 25.1 Å². The highest BCUT2D eigenvalue weighted by Crippen LogP contribution is 2.25. The lowest BCUT2D eigenvalue weighted by molar-refractivity contribution is -0.120. The van der Waals surface area contributed by atoms with E-state index in [9.17, 15) is 14.0 Å². The molecule has 0 aliphatic rings. The highest BCUT2D eigenvalue weighted by Gasteiger charge is 2.20. The highest BCUT2D eigenvalue weighted by molar-refractivity contribution is 6.37. The molecule has 3 rings (SSSR count). The molecule has 0 aliphatic heterocycles. The predicted octanol–water partition coefficient (Wildman–Crippen LogP) is 5.15. The minimum atomic E-state index is -0.418. The Bertz CT molecular complexity index is 1090. The topological polar surface area (TPSA) is 58.6 Å². The Morgan fingerprint density at radius 2 is 1.69 bits per heavy atom. The second-order valence-corrected chi connectivity index (χ2v) is 7.78. The number of hydrogen-bond donors (Lipinski definition) is 1. The fourth-order valence-corrected chi connectivity index (χ4v) is 3.56. The number of ether oxygens (including phenoxy) is 1. The van der Waals surface area contributed by atoms with E-state index in [1.165, 1.54) is 41.3 Å². The molecule has 3 aromatic rings. The van der Waals surface area contributed by atoms with Gasteiger partial charge in [-0.05, 0) is 60.2 Å². The molecule has 2 amide bonds. The van der Waals surface area contributed by atoms with Crippen molar-refractivity contribution >= 4 is 40.7 Å². The van der Waals surface area contributed by atoms with Gasteiger partial charge in [0.25, 0.3) is 5.91 Å². The van der Waals surface area contributed by atoms with Gasteiger partial charge in [0, 0.05) is 23.8 Å². The Balaban J connectivity index is 1.69. The number of benzene rings is 3. The molecule has 0 saturated carbocycles. The van der Waals surface area contributed by atoms with E-state index in [0.717, 1.165) is 5.56 Å². The summed E-state index contributed by atoms with van der Waals surface area (Å²) in [6.45, 7) is 0.362. The summed E-state index contributed by atoms with van der Waals surface area (Å²) in [4.78, 5) is 26.9. The SMILES string of the molecule is COc1ccc(CC(=O)NCCN(C(=O)c2ccc(Cl)cc2Cl)c2ccc(F)cc2)cc1. The third-order valence-electron chi connectivity index (χ3n) is 4.73. The summed E-state index contributed by atoms with van der Waals surface area (Å²) >= 11 is 12.1. The van der Waals surface area contributed by atoms with Crippen molar-refractivity contribution < 1.29 is 18.7 Å². The van der Waals surface area contributed by atoms with Crippen LogP contribution in [0.15, 0.2) is 66.7 Å². The normalized spacial score (nSPS) is 10.5. The van der Waals surface area contributed by atoms with Crippen LogP contribution < -0.4 is 15.0 Å². The fourth-order valence-electron chi connectivity index (χ4n) is 3.08. The van der Waals surface area contributed by atoms with E-state index in [1.54, 1.807) is 25.3 Å². The second-order valence-electron chi connectivity index (χ2n) is 6.93. The van der Waals surface area contributed by atoms with Crippen molar-refractivity contribution in [1.29, 1.82) is 0 Å². The lowest BCUT2D eigenvalue weighted by Gasteiger charge is -2.24. The van der Waals surface area contributed by atoms with Crippen LogP contribution in [0.5, 0.6) is 5.75 Å². The molecule has 5 nitrogen and oxygen atoms in total. The standard InChI is InChI=1S/C24H21Cl2FN2O3/c1-32-20-9-2-16(3-10-20)14-23(30)28-12-13-29(19-7-5-18(27)6-8-19)24(31)21-11-4-17(25)15-22(21)26/h2-11,15H,12-14H2,1H3,(H,28,30). The Kier molecular flexibility index (Phi) is 8.09. The Labute approximate surface area is 195 Å². The zero-order valence-corrected chi connectivity index (χ0v) is 18.8. The summed E-state index contributed by atoms with van der Waals surface area (Å²) in [6.07, 6.45) is 0.192. The van der Waals surface area contributed by atoms with Crippen LogP contribution >= 0.6 is 23.2 Å². The van der Waals surface area contributed by atoms with Crippen molar-refractivity contribution in [3.63, 3.8) is 0 Å². The van der Waals surface area contributed by atoms with E-state index >= 15 is 0 Å². The molecule has 32 heavy (non-hydrogen) atoms. The van der Waals surface area contributed by atoms with Gasteiger partial charge in [-0.1, -0.05) is 35.3 Å². The molecule has 0 aliphatic carbocycles. The minimum Gasteiger partial charge on any atom is -0.497 e. The molecule has 0 fully saturated rings. The van der Waals surface area contributed by atoms with Gasteiger partial charge in [-0.25, -0.2) is 4.39 Å². The van der Waals surface area contributed by atoms with Crippen molar-refractivity contribution in [2.24, 2.45) is 0 Å². The zero-order valence-electron chi connectivity index (χ0n) is 17.3. The number of amides is 2. The molecule has 0 heterocycles. The molecule has 166 valence electrons. The van der Waals surface area contributed by atoms with Crippen LogP contribution in [0, 0.1) is 5.82 Å². The van der Waals surface area contributed by atoms with Crippen LogP contribution in [0.1, 0.15) is 15.9 Å². The van der Waals surface area contributed by atoms with E-state index < -0.39 is 5.82 Å². The maximum Gasteiger partial charge on any atom is 0.259 e. The molecule has 0 saturated heterocycles. The third kappa shape index (κ3) is 6.22. The van der Waals surface area contributed by atoms with Gasteiger partial charge >= 0.3 is 0 Å². The van der Waals surface area contributed by atoms with Crippen LogP contribution in [0.3, 0.4) is 0 Å². The molecule has 1 N–H and O–H groups in total. The van der Waals surface area contributed by atoms with Gasteiger partial charge in [0.1, 0.15) is 11.6 Å². The molecule has 0 unspecified atom stereocenters. The summed E-state index contributed by atoms with van der Waals surface area (Å²) < 4.78 is 18.5. The van der Waals surface area contributed by atoms with Crippen LogP contribution in [-0.4, -0.2) is 32.0 Å². The Hall–Kier alpha value is -3.09. The first kappa shape index (κ1) is 23.6. The maximum absolute atomic E-state index is 13.4. The first-order valence-electron chi connectivity index (χ1n) is 9.79. The van der Waals surface area contributed by atoms with Gasteiger partial charge in [-0.3, -0.25) is 9.59 Å². The van der Waals surface area contributed by atoms with Gasteiger partial charge in [0.15, 0.2) is 0 Å². The van der Waals surface area contributed by atoms with E-state index in [-0.39, 0.29) is 41.9 Å². The van der Waals surface area contributed by atoms with Crippen molar-refractivity contribution in [2.45, 2.75) is 6.42 Å². The average Bonchev–Trinajstić information content (AvgIpc) is 2.78. The number of nitrogens with one attached hydrogen (secondary N) is 1. The number of halogens is 3. The predicted molar refractivity (Wildman–Crippen MR) is 124 cm³/mol. The van der Waals surface area contributed by atoms with Crippen molar-refractivity contribution in [3.05, 3.63) is 93.7 Å². The first-order valence-corrected chi connectivity index (χ1v) is 10.5. The van der Waals surface area contributed by atoms with Gasteiger partial charge in [0.2, 0.25) is 5.91 Å². The monoisotopic (exact) mass is 474 g/mol. The van der Waals surface area contributed by atoms with E-state index in [4.69, 9.17) is 27.9 Å². The van der Waals surface area contributed by atoms with Crippen LogP contribution in [-0.2, 0) is 11.2 Å². The molecule has 8 heteroatoms. The largest absolute Gasteiger partial charge is 0.497 e. The quantitative estimate of drug-likeness (QED) is 0.491. The molecule has 0 spiro atoms. The summed E-state index contributed by atoms with van der Waals surface area (Å²) in [5.74, 6) is -0.282. The number of methoxy groups -OCH3 is 1. The van der Waals surface area contributed by atoms with Crippen LogP contribution in [0.25, 0.3) is 0 Å². The Morgan fingerprint density at radius 1 is 1.00 bits per heavy atom. The fraction of sp³-hybridized carbons (Fsp3) is 0.167. The summed E-state index contributed by atoms with van der Waals surface area (Å²) in [5, 5.41) is 3.42. The number of carbonyl (C=O) groups is 2. The number of hydrogen-bond acceptors (Lipinski definition) is 3. The number of anilines is 1. The minimum absolute atomic E-state index is 0.164. The number of nitrogens with zero attached hydrogens (tertiary/aromatic N) is 1. The molecule has 0 radical (unpaired) electrons. The molecule has 0 aromatic heterocycles. The van der Waals surface area contributed by atoms with Gasteiger partial charge in [0.05, 0.1) is 24.1 Å². The first-order chi connectivity index (χ1) is 15.4. The van der Waals surface area contributed by atoms with E-state index in [1.807, 2.05) is 12.1 Å². The second kappa shape index (κ2) is 11.0. The molecular formula is C24H21Cl2FN2O3. The van der Waals surface area contributed by atoms with Gasteiger partial charge in [-0.15, -0.1) is 0 Å². The number of rotatable bonds is 8. The number of carbonyl (C=O) groups excluding carboxylic acids is 2. The molecular weight excluding hydrogens is 454 g/mol. The van der Waals surface area contributed by atoms with Gasteiger partial charge < -0.3 is 15.0 Å². The summed E-state index contributed by atoms with van der Waals surface area (Å²) in [7, 11) is 1.58. The zero-order chi connectivity index (χ0) is 23.1. The van der Waals surface area contributed by atoms with Crippen molar-refractivity contribution in [3.8, 4) is 5.75 Å². The maximum atomic E-state index is 13.4. The summed E-state index contributed by atoms with van der Waals surface area (Å²) in [5.41, 5.74) is 1.57. The lowest BCUT2D eigenvalue weighted by atomic mass is 10.1. The molecule has 3 aromatic carbocycles. The van der Waals surface area contributed by atoms with E-state index in [0.29, 0.717) is 16.5 Å². The summed E-state index contributed by atoms with van der Waals surface area (Å²) in [6, 6.07) is 17.3. The third-order valence-corrected chi connectivity index (χ3v) is 5.27. The van der Waals surface area contributed by atoms with Crippen molar-refractivity contribution in [1.82, 2.24) is 5.32 Å². The Morgan fingerprint density at radius 3 is 2.31 bits per heavy atom. The van der Waals surface area contributed by atoms with Crippen LogP contribution in [0.2, 0.25) is 10.0 Å². The van der Waals surface area contributed by atoms with Gasteiger partial charge in [-0.2, -0.15) is 0 Å². The molecule has 0 bridgehead atoms. The smallest absolute Gasteiger partial charge is 0.259 e. The van der Waals surface area contributed by atoms with Crippen LogP contribution in [0.4, 0.5) is 10.1 Å².